The molecule has 0 saturated heterocycles. The summed E-state index contributed by atoms with van der Waals surface area (Å²) >= 11 is 1.08. The maximum atomic E-state index is 12.4. The third-order valence-corrected chi connectivity index (χ3v) is 4.13. The molecule has 0 saturated carbocycles. The zero-order valence-corrected chi connectivity index (χ0v) is 12.2. The number of anilines is 1. The van der Waals surface area contributed by atoms with Gasteiger partial charge in [-0.3, -0.25) is 14.2 Å². The molecule has 106 valence electrons. The van der Waals surface area contributed by atoms with Crippen molar-refractivity contribution in [2.24, 2.45) is 0 Å². The Kier molecular flexibility index (Phi) is 3.53. The van der Waals surface area contributed by atoms with Gasteiger partial charge in [-0.15, -0.1) is 0 Å². The molecule has 0 amide bonds. The Labute approximate surface area is 124 Å². The second-order valence-electron chi connectivity index (χ2n) is 4.52. The summed E-state index contributed by atoms with van der Waals surface area (Å²) in [4.78, 5) is 28.7. The van der Waals surface area contributed by atoms with E-state index in [0.29, 0.717) is 21.6 Å². The van der Waals surface area contributed by atoms with Crippen molar-refractivity contribution in [3.8, 4) is 0 Å². The van der Waals surface area contributed by atoms with Crippen molar-refractivity contribution >= 4 is 27.2 Å². The van der Waals surface area contributed by atoms with Gasteiger partial charge in [0.25, 0.3) is 5.56 Å². The van der Waals surface area contributed by atoms with Crippen LogP contribution in [0.1, 0.15) is 5.69 Å². The van der Waals surface area contributed by atoms with Crippen LogP contribution in [0, 0.1) is 0 Å². The van der Waals surface area contributed by atoms with Gasteiger partial charge < -0.3 is 5.32 Å². The molecule has 0 fully saturated rings. The molecule has 0 spiro atoms. The number of hydrogen-bond acceptors (Lipinski definition) is 5. The van der Waals surface area contributed by atoms with E-state index < -0.39 is 0 Å². The van der Waals surface area contributed by atoms with Gasteiger partial charge in [0.15, 0.2) is 0 Å². The minimum absolute atomic E-state index is 0.175. The van der Waals surface area contributed by atoms with Crippen molar-refractivity contribution in [3.05, 3.63) is 68.2 Å². The fourth-order valence-corrected chi connectivity index (χ4v) is 2.97. The van der Waals surface area contributed by atoms with Crippen molar-refractivity contribution in [2.75, 3.05) is 12.4 Å². The lowest BCUT2D eigenvalue weighted by atomic mass is 10.3. The average Bonchev–Trinajstić information content (AvgIpc) is 2.51. The zero-order valence-electron chi connectivity index (χ0n) is 11.4. The van der Waals surface area contributed by atoms with Crippen LogP contribution in [0.3, 0.4) is 0 Å². The second kappa shape index (κ2) is 5.49. The number of benzene rings is 1. The molecular formula is C15H13N3O2S. The van der Waals surface area contributed by atoms with Gasteiger partial charge in [-0.05, 0) is 24.3 Å². The van der Waals surface area contributed by atoms with Gasteiger partial charge in [-0.25, -0.2) is 4.98 Å². The highest BCUT2D eigenvalue weighted by Crippen LogP contribution is 2.11. The average molecular weight is 299 g/mol. The lowest BCUT2D eigenvalue weighted by Crippen LogP contribution is -2.31. The topological polar surface area (TPSA) is 64.0 Å². The summed E-state index contributed by atoms with van der Waals surface area (Å²) in [5, 5.41) is 3.50. The molecule has 0 aliphatic rings. The van der Waals surface area contributed by atoms with Gasteiger partial charge in [-0.2, -0.15) is 0 Å². The lowest BCUT2D eigenvalue weighted by Gasteiger charge is -2.06. The third-order valence-electron chi connectivity index (χ3n) is 3.16. The summed E-state index contributed by atoms with van der Waals surface area (Å²) in [6.07, 6.45) is 0. The molecule has 2 heterocycles. The summed E-state index contributed by atoms with van der Waals surface area (Å²) in [6.45, 7) is 0.175. The van der Waals surface area contributed by atoms with Crippen molar-refractivity contribution in [2.45, 2.75) is 6.54 Å². The summed E-state index contributed by atoms with van der Waals surface area (Å²) in [7, 11) is 1.77. The molecular weight excluding hydrogens is 286 g/mol. The summed E-state index contributed by atoms with van der Waals surface area (Å²) in [5.41, 5.74) is 0.398. The highest BCUT2D eigenvalue weighted by molar-refractivity contribution is 7.16. The second-order valence-corrected chi connectivity index (χ2v) is 5.51. The smallest absolute Gasteiger partial charge is 0.310 e. The maximum absolute atomic E-state index is 12.4. The van der Waals surface area contributed by atoms with Crippen LogP contribution in [-0.2, 0) is 6.54 Å². The van der Waals surface area contributed by atoms with E-state index in [1.54, 1.807) is 31.3 Å². The molecule has 0 aliphatic heterocycles. The SMILES string of the molecule is CNc1cccc(Cn2c(=O)sc3ccccc3c2=O)n1. The van der Waals surface area contributed by atoms with Crippen LogP contribution in [0.5, 0.6) is 0 Å². The highest BCUT2D eigenvalue weighted by Gasteiger charge is 2.09. The Morgan fingerprint density at radius 3 is 2.76 bits per heavy atom. The van der Waals surface area contributed by atoms with E-state index in [0.717, 1.165) is 11.3 Å². The quantitative estimate of drug-likeness (QED) is 0.802. The van der Waals surface area contributed by atoms with Gasteiger partial charge in [0.2, 0.25) is 0 Å². The molecule has 2 aromatic heterocycles. The maximum Gasteiger partial charge on any atom is 0.310 e. The van der Waals surface area contributed by atoms with E-state index in [2.05, 4.69) is 10.3 Å². The third kappa shape index (κ3) is 2.57. The Morgan fingerprint density at radius 2 is 1.95 bits per heavy atom. The van der Waals surface area contributed by atoms with Crippen molar-refractivity contribution in [3.63, 3.8) is 0 Å². The van der Waals surface area contributed by atoms with Crippen LogP contribution in [0.2, 0.25) is 0 Å². The van der Waals surface area contributed by atoms with E-state index in [9.17, 15) is 9.59 Å². The van der Waals surface area contributed by atoms with E-state index in [1.807, 2.05) is 18.2 Å². The van der Waals surface area contributed by atoms with E-state index >= 15 is 0 Å². The molecule has 6 heteroatoms. The number of pyridine rings is 1. The Hall–Kier alpha value is -2.47. The Bertz CT molecular complexity index is 914. The first-order chi connectivity index (χ1) is 10.2. The first kappa shape index (κ1) is 13.5. The van der Waals surface area contributed by atoms with Crippen molar-refractivity contribution < 1.29 is 0 Å². The fraction of sp³-hybridized carbons (Fsp3) is 0.133. The van der Waals surface area contributed by atoms with Gasteiger partial charge >= 0.3 is 4.87 Å². The molecule has 0 bridgehead atoms. The van der Waals surface area contributed by atoms with Crippen LogP contribution < -0.4 is 15.7 Å². The summed E-state index contributed by atoms with van der Waals surface area (Å²) in [6, 6.07) is 12.6. The molecule has 21 heavy (non-hydrogen) atoms. The Morgan fingerprint density at radius 1 is 1.14 bits per heavy atom. The summed E-state index contributed by atoms with van der Waals surface area (Å²) in [5.74, 6) is 0.706. The van der Waals surface area contributed by atoms with Gasteiger partial charge in [0.1, 0.15) is 5.82 Å². The number of nitrogens with zero attached hydrogens (tertiary/aromatic N) is 2. The zero-order chi connectivity index (χ0) is 14.8. The number of rotatable bonds is 3. The minimum atomic E-state index is -0.272. The van der Waals surface area contributed by atoms with Crippen LogP contribution >= 0.6 is 11.3 Å². The monoisotopic (exact) mass is 299 g/mol. The molecule has 5 nitrogen and oxygen atoms in total. The minimum Gasteiger partial charge on any atom is -0.373 e. The first-order valence-electron chi connectivity index (χ1n) is 6.45. The fourth-order valence-electron chi connectivity index (χ4n) is 2.12. The molecule has 0 aliphatic carbocycles. The molecule has 1 aromatic carbocycles. The van der Waals surface area contributed by atoms with Gasteiger partial charge in [0.05, 0.1) is 17.6 Å². The molecule has 3 aromatic rings. The van der Waals surface area contributed by atoms with Crippen LogP contribution in [0.4, 0.5) is 5.82 Å². The van der Waals surface area contributed by atoms with Crippen LogP contribution in [-0.4, -0.2) is 16.6 Å². The Balaban J connectivity index is 2.12. The van der Waals surface area contributed by atoms with E-state index in [4.69, 9.17) is 0 Å². The molecule has 0 radical (unpaired) electrons. The number of nitrogens with one attached hydrogen (secondary N) is 1. The van der Waals surface area contributed by atoms with E-state index in [-0.39, 0.29) is 17.0 Å². The van der Waals surface area contributed by atoms with E-state index in [1.165, 1.54) is 4.57 Å². The molecule has 0 atom stereocenters. The van der Waals surface area contributed by atoms with Crippen LogP contribution in [0.15, 0.2) is 52.1 Å². The molecule has 3 rings (SSSR count). The van der Waals surface area contributed by atoms with Crippen LogP contribution in [0.25, 0.3) is 10.1 Å². The normalized spacial score (nSPS) is 10.7. The lowest BCUT2D eigenvalue weighted by molar-refractivity contribution is 0.734. The van der Waals surface area contributed by atoms with Crippen molar-refractivity contribution in [1.82, 2.24) is 9.55 Å². The highest BCUT2D eigenvalue weighted by atomic mass is 32.1. The molecule has 0 unspecified atom stereocenters. The number of fused-ring (bicyclic) bond motifs is 1. The largest absolute Gasteiger partial charge is 0.373 e. The van der Waals surface area contributed by atoms with Crippen molar-refractivity contribution in [1.29, 1.82) is 0 Å². The summed E-state index contributed by atoms with van der Waals surface area (Å²) < 4.78 is 1.94. The molecule has 1 N–H and O–H groups in total. The van der Waals surface area contributed by atoms with Gasteiger partial charge in [0, 0.05) is 11.7 Å². The number of aromatic nitrogens is 2. The first-order valence-corrected chi connectivity index (χ1v) is 7.27. The van der Waals surface area contributed by atoms with Gasteiger partial charge in [-0.1, -0.05) is 29.5 Å². The number of hydrogen-bond donors (Lipinski definition) is 1. The predicted octanol–water partition coefficient (Wildman–Crippen LogP) is 1.91. The standard InChI is InChI=1S/C15H13N3O2S/c1-16-13-8-4-5-10(17-13)9-18-14(19)11-6-2-3-7-12(11)21-15(18)20/h2-8H,9H2,1H3,(H,16,17). The predicted molar refractivity (Wildman–Crippen MR) is 85.2 cm³/mol.